The van der Waals surface area contributed by atoms with Crippen molar-refractivity contribution in [3.8, 4) is 10.6 Å². The highest BCUT2D eigenvalue weighted by atomic mass is 32.1. The maximum absolute atomic E-state index is 11.4. The third-order valence-corrected chi connectivity index (χ3v) is 4.28. The summed E-state index contributed by atoms with van der Waals surface area (Å²) in [6, 6.07) is 11.8. The van der Waals surface area contributed by atoms with Crippen molar-refractivity contribution in [2.45, 2.75) is 13.5 Å². The van der Waals surface area contributed by atoms with Gasteiger partial charge in [0.15, 0.2) is 0 Å². The van der Waals surface area contributed by atoms with Gasteiger partial charge in [0.2, 0.25) is 0 Å². The molecular formula is C16H14N2O2S. The van der Waals surface area contributed by atoms with Crippen LogP contribution in [0.4, 0.5) is 0 Å². The van der Waals surface area contributed by atoms with Crippen molar-refractivity contribution in [1.82, 2.24) is 9.78 Å². The molecule has 21 heavy (non-hydrogen) atoms. The SMILES string of the molecule is Cc1ccsc1-c1nn(Cc2ccccc2)cc1C(=O)O. The standard InChI is InChI=1S/C16H14N2O2S/c1-11-7-8-21-15(11)14-13(16(19)20)10-18(17-14)9-12-5-3-2-4-6-12/h2-8,10H,9H2,1H3,(H,19,20). The molecule has 4 nitrogen and oxygen atoms in total. The van der Waals surface area contributed by atoms with Gasteiger partial charge in [-0.1, -0.05) is 30.3 Å². The Labute approximate surface area is 126 Å². The normalized spacial score (nSPS) is 10.7. The minimum absolute atomic E-state index is 0.247. The van der Waals surface area contributed by atoms with E-state index >= 15 is 0 Å². The second kappa shape index (κ2) is 5.54. The zero-order valence-corrected chi connectivity index (χ0v) is 12.3. The van der Waals surface area contributed by atoms with E-state index in [9.17, 15) is 9.90 Å². The molecule has 0 saturated carbocycles. The number of carboxylic acids is 1. The van der Waals surface area contributed by atoms with Gasteiger partial charge in [-0.3, -0.25) is 4.68 Å². The van der Waals surface area contributed by atoms with Crippen molar-refractivity contribution >= 4 is 17.3 Å². The Balaban J connectivity index is 2.01. The van der Waals surface area contributed by atoms with Gasteiger partial charge in [-0.05, 0) is 29.5 Å². The Kier molecular flexibility index (Phi) is 3.58. The van der Waals surface area contributed by atoms with Crippen LogP contribution in [0.15, 0.2) is 48.0 Å². The Morgan fingerprint density at radius 2 is 2.05 bits per heavy atom. The average molecular weight is 298 g/mol. The molecule has 1 aromatic carbocycles. The highest BCUT2D eigenvalue weighted by molar-refractivity contribution is 7.13. The number of aryl methyl sites for hydroxylation is 1. The molecule has 0 amide bonds. The highest BCUT2D eigenvalue weighted by Crippen LogP contribution is 2.30. The van der Waals surface area contributed by atoms with E-state index in [2.05, 4.69) is 5.10 Å². The zero-order valence-electron chi connectivity index (χ0n) is 11.5. The summed E-state index contributed by atoms with van der Waals surface area (Å²) in [7, 11) is 0. The summed E-state index contributed by atoms with van der Waals surface area (Å²) < 4.78 is 1.69. The van der Waals surface area contributed by atoms with Crippen LogP contribution in [0.3, 0.4) is 0 Å². The highest BCUT2D eigenvalue weighted by Gasteiger charge is 2.19. The van der Waals surface area contributed by atoms with Crippen molar-refractivity contribution in [2.75, 3.05) is 0 Å². The molecule has 0 fully saturated rings. The summed E-state index contributed by atoms with van der Waals surface area (Å²) in [4.78, 5) is 12.4. The van der Waals surface area contributed by atoms with Crippen molar-refractivity contribution < 1.29 is 9.90 Å². The van der Waals surface area contributed by atoms with E-state index in [1.807, 2.05) is 48.7 Å². The van der Waals surface area contributed by atoms with Gasteiger partial charge in [-0.15, -0.1) is 11.3 Å². The Hall–Kier alpha value is -2.40. The fourth-order valence-electron chi connectivity index (χ4n) is 2.21. The molecular weight excluding hydrogens is 284 g/mol. The molecule has 106 valence electrons. The van der Waals surface area contributed by atoms with Gasteiger partial charge in [-0.25, -0.2) is 4.79 Å². The molecule has 0 aliphatic carbocycles. The monoisotopic (exact) mass is 298 g/mol. The number of hydrogen-bond donors (Lipinski definition) is 1. The molecule has 1 N–H and O–H groups in total. The smallest absolute Gasteiger partial charge is 0.339 e. The largest absolute Gasteiger partial charge is 0.478 e. The Morgan fingerprint density at radius 3 is 2.67 bits per heavy atom. The molecule has 0 aliphatic heterocycles. The van der Waals surface area contributed by atoms with Crippen molar-refractivity contribution in [3.05, 3.63) is 64.7 Å². The van der Waals surface area contributed by atoms with Crippen molar-refractivity contribution in [3.63, 3.8) is 0 Å². The van der Waals surface area contributed by atoms with Gasteiger partial charge in [-0.2, -0.15) is 5.10 Å². The van der Waals surface area contributed by atoms with Crippen LogP contribution in [0.5, 0.6) is 0 Å². The minimum Gasteiger partial charge on any atom is -0.478 e. The van der Waals surface area contributed by atoms with Crippen molar-refractivity contribution in [1.29, 1.82) is 0 Å². The third-order valence-electron chi connectivity index (χ3n) is 3.26. The summed E-state index contributed by atoms with van der Waals surface area (Å²) in [5.41, 5.74) is 2.93. The summed E-state index contributed by atoms with van der Waals surface area (Å²) in [6.07, 6.45) is 1.60. The summed E-state index contributed by atoms with van der Waals surface area (Å²) in [6.45, 7) is 2.53. The fourth-order valence-corrected chi connectivity index (χ4v) is 3.14. The lowest BCUT2D eigenvalue weighted by Crippen LogP contribution is -2.00. The summed E-state index contributed by atoms with van der Waals surface area (Å²) in [5, 5.41) is 15.8. The molecule has 0 radical (unpaired) electrons. The van der Waals surface area contributed by atoms with Crippen LogP contribution in [-0.2, 0) is 6.54 Å². The van der Waals surface area contributed by atoms with E-state index < -0.39 is 5.97 Å². The quantitative estimate of drug-likeness (QED) is 0.799. The van der Waals surface area contributed by atoms with E-state index in [4.69, 9.17) is 0 Å². The van der Waals surface area contributed by atoms with Crippen LogP contribution < -0.4 is 0 Å². The number of aromatic nitrogens is 2. The lowest BCUT2D eigenvalue weighted by atomic mass is 10.1. The lowest BCUT2D eigenvalue weighted by Gasteiger charge is -2.01. The zero-order chi connectivity index (χ0) is 14.8. The number of carboxylic acid groups (broad SMARTS) is 1. The molecule has 0 bridgehead atoms. The van der Waals surface area contributed by atoms with Gasteiger partial charge in [0.25, 0.3) is 0 Å². The summed E-state index contributed by atoms with van der Waals surface area (Å²) in [5.74, 6) is -0.947. The number of nitrogens with zero attached hydrogens (tertiary/aromatic N) is 2. The molecule has 0 aliphatic rings. The van der Waals surface area contributed by atoms with Gasteiger partial charge >= 0.3 is 5.97 Å². The van der Waals surface area contributed by atoms with Gasteiger partial charge in [0.1, 0.15) is 11.3 Å². The first-order valence-corrected chi connectivity index (χ1v) is 7.42. The van der Waals surface area contributed by atoms with Gasteiger partial charge in [0.05, 0.1) is 11.4 Å². The number of carbonyl (C=O) groups is 1. The van der Waals surface area contributed by atoms with Crippen LogP contribution in [0.25, 0.3) is 10.6 Å². The first-order valence-electron chi connectivity index (χ1n) is 6.54. The Bertz CT molecular complexity index is 775. The van der Waals surface area contributed by atoms with Crippen molar-refractivity contribution in [2.24, 2.45) is 0 Å². The van der Waals surface area contributed by atoms with E-state index in [0.29, 0.717) is 12.2 Å². The number of aromatic carboxylic acids is 1. The predicted octanol–water partition coefficient (Wildman–Crippen LogP) is 3.67. The number of thiophene rings is 1. The molecule has 0 spiro atoms. The maximum atomic E-state index is 11.4. The van der Waals surface area contributed by atoms with Crippen LogP contribution in [0.1, 0.15) is 21.5 Å². The number of benzene rings is 1. The lowest BCUT2D eigenvalue weighted by molar-refractivity contribution is 0.0697. The van der Waals surface area contributed by atoms with Crippen LogP contribution in [0.2, 0.25) is 0 Å². The second-order valence-corrected chi connectivity index (χ2v) is 5.73. The summed E-state index contributed by atoms with van der Waals surface area (Å²) >= 11 is 1.51. The number of rotatable bonds is 4. The average Bonchev–Trinajstić information content (AvgIpc) is 3.06. The van der Waals surface area contributed by atoms with Gasteiger partial charge < -0.3 is 5.11 Å². The molecule has 2 heterocycles. The molecule has 0 unspecified atom stereocenters. The molecule has 0 atom stereocenters. The van der Waals surface area contributed by atoms with E-state index in [1.54, 1.807) is 10.9 Å². The van der Waals surface area contributed by atoms with E-state index in [-0.39, 0.29) is 5.56 Å². The molecule has 3 rings (SSSR count). The van der Waals surface area contributed by atoms with Crippen LogP contribution in [-0.4, -0.2) is 20.9 Å². The first-order chi connectivity index (χ1) is 10.1. The molecule has 0 saturated heterocycles. The minimum atomic E-state index is -0.947. The van der Waals surface area contributed by atoms with Crippen LogP contribution in [0, 0.1) is 6.92 Å². The molecule has 5 heteroatoms. The van der Waals surface area contributed by atoms with Gasteiger partial charge in [0, 0.05) is 6.20 Å². The van der Waals surface area contributed by atoms with Crippen LogP contribution >= 0.6 is 11.3 Å². The number of hydrogen-bond acceptors (Lipinski definition) is 3. The predicted molar refractivity (Wildman–Crippen MR) is 82.8 cm³/mol. The maximum Gasteiger partial charge on any atom is 0.339 e. The topological polar surface area (TPSA) is 55.1 Å². The van der Waals surface area contributed by atoms with E-state index in [1.165, 1.54) is 11.3 Å². The fraction of sp³-hybridized carbons (Fsp3) is 0.125. The van der Waals surface area contributed by atoms with E-state index in [0.717, 1.165) is 16.0 Å². The Morgan fingerprint density at radius 1 is 1.29 bits per heavy atom. The molecule has 3 aromatic rings. The molecule has 2 aromatic heterocycles. The third kappa shape index (κ3) is 2.73. The first kappa shape index (κ1) is 13.6. The second-order valence-electron chi connectivity index (χ2n) is 4.81.